The van der Waals surface area contributed by atoms with Crippen molar-refractivity contribution in [3.8, 4) is 6.07 Å². The Labute approximate surface area is 125 Å². The summed E-state index contributed by atoms with van der Waals surface area (Å²) < 4.78 is 0. The van der Waals surface area contributed by atoms with Crippen LogP contribution >= 0.6 is 0 Å². The molecular formula is C17H20N2O2. The first-order valence-electron chi connectivity index (χ1n) is 7.66. The molecule has 0 bridgehead atoms. The van der Waals surface area contributed by atoms with Crippen LogP contribution in [0.3, 0.4) is 0 Å². The second-order valence-corrected chi connectivity index (χ2v) is 6.19. The zero-order valence-electron chi connectivity index (χ0n) is 12.0. The molecule has 3 unspecified atom stereocenters. The first-order valence-corrected chi connectivity index (χ1v) is 7.66. The predicted octanol–water partition coefficient (Wildman–Crippen LogP) is 2.78. The van der Waals surface area contributed by atoms with Gasteiger partial charge in [-0.1, -0.05) is 25.0 Å². The lowest BCUT2D eigenvalue weighted by molar-refractivity contribution is -0.142. The van der Waals surface area contributed by atoms with Crippen molar-refractivity contribution in [3.05, 3.63) is 35.4 Å². The van der Waals surface area contributed by atoms with Crippen molar-refractivity contribution in [2.75, 3.05) is 0 Å². The molecule has 1 N–H and O–H groups in total. The highest BCUT2D eigenvalue weighted by molar-refractivity contribution is 5.74. The van der Waals surface area contributed by atoms with Crippen molar-refractivity contribution in [3.63, 3.8) is 0 Å². The zero-order chi connectivity index (χ0) is 14.8. The Bertz CT molecular complexity index is 578. The van der Waals surface area contributed by atoms with Crippen molar-refractivity contribution in [1.82, 2.24) is 4.90 Å². The normalized spacial score (nSPS) is 28.8. The van der Waals surface area contributed by atoms with Gasteiger partial charge < -0.3 is 5.11 Å². The minimum atomic E-state index is -0.708. The lowest BCUT2D eigenvalue weighted by atomic mass is 9.84. The molecule has 0 radical (unpaired) electrons. The Morgan fingerprint density at radius 1 is 1.38 bits per heavy atom. The molecule has 1 aliphatic heterocycles. The summed E-state index contributed by atoms with van der Waals surface area (Å²) in [6, 6.07) is 9.68. The summed E-state index contributed by atoms with van der Waals surface area (Å²) in [7, 11) is 0. The van der Waals surface area contributed by atoms with E-state index >= 15 is 0 Å². The standard InChI is InChI=1S/C17H20N2O2/c18-10-12-4-3-5-13(8-12)11-19-15-7-2-1-6-14(15)9-16(19)17(20)21/h3-5,8,14-16H,1-2,6-7,9,11H2,(H,20,21). The maximum Gasteiger partial charge on any atom is 0.320 e. The Hall–Kier alpha value is -1.86. The van der Waals surface area contributed by atoms with Gasteiger partial charge in [-0.3, -0.25) is 9.69 Å². The van der Waals surface area contributed by atoms with Gasteiger partial charge >= 0.3 is 5.97 Å². The van der Waals surface area contributed by atoms with E-state index in [1.807, 2.05) is 18.2 Å². The van der Waals surface area contributed by atoms with Gasteiger partial charge in [-0.2, -0.15) is 5.26 Å². The van der Waals surface area contributed by atoms with Crippen molar-refractivity contribution < 1.29 is 9.90 Å². The molecule has 1 saturated carbocycles. The molecule has 1 aromatic rings. The number of carboxylic acids is 1. The number of hydrogen-bond acceptors (Lipinski definition) is 3. The summed E-state index contributed by atoms with van der Waals surface area (Å²) in [5, 5.41) is 18.5. The number of aliphatic carboxylic acids is 1. The van der Waals surface area contributed by atoms with Gasteiger partial charge in [0, 0.05) is 12.6 Å². The summed E-state index contributed by atoms with van der Waals surface area (Å²) in [6.07, 6.45) is 5.46. The smallest absolute Gasteiger partial charge is 0.320 e. The van der Waals surface area contributed by atoms with Crippen molar-refractivity contribution in [2.24, 2.45) is 5.92 Å². The highest BCUT2D eigenvalue weighted by Gasteiger charge is 2.44. The van der Waals surface area contributed by atoms with E-state index < -0.39 is 5.97 Å². The molecule has 21 heavy (non-hydrogen) atoms. The molecule has 4 heteroatoms. The molecule has 1 aliphatic carbocycles. The Kier molecular flexibility index (Phi) is 3.94. The summed E-state index contributed by atoms with van der Waals surface area (Å²) in [5.41, 5.74) is 1.67. The average molecular weight is 284 g/mol. The SMILES string of the molecule is N#Cc1cccc(CN2C(C(=O)O)CC3CCCCC32)c1. The number of rotatable bonds is 3. The van der Waals surface area contributed by atoms with E-state index in [4.69, 9.17) is 5.26 Å². The van der Waals surface area contributed by atoms with E-state index in [1.165, 1.54) is 12.8 Å². The van der Waals surface area contributed by atoms with Crippen LogP contribution in [0.15, 0.2) is 24.3 Å². The monoisotopic (exact) mass is 284 g/mol. The van der Waals surface area contributed by atoms with Crippen LogP contribution in [0.5, 0.6) is 0 Å². The molecule has 4 nitrogen and oxygen atoms in total. The van der Waals surface area contributed by atoms with Gasteiger partial charge in [0.15, 0.2) is 0 Å². The van der Waals surface area contributed by atoms with Crippen molar-refractivity contribution in [2.45, 2.75) is 50.7 Å². The highest BCUT2D eigenvalue weighted by Crippen LogP contribution is 2.40. The third-order valence-electron chi connectivity index (χ3n) is 4.93. The number of nitriles is 1. The van der Waals surface area contributed by atoms with Gasteiger partial charge in [0.05, 0.1) is 11.6 Å². The molecular weight excluding hydrogens is 264 g/mol. The third-order valence-corrected chi connectivity index (χ3v) is 4.93. The number of benzene rings is 1. The van der Waals surface area contributed by atoms with Crippen LogP contribution < -0.4 is 0 Å². The predicted molar refractivity (Wildman–Crippen MR) is 78.5 cm³/mol. The van der Waals surface area contributed by atoms with Gasteiger partial charge in [0.2, 0.25) is 0 Å². The number of fused-ring (bicyclic) bond motifs is 1. The number of carboxylic acid groups (broad SMARTS) is 1. The Balaban J connectivity index is 1.83. The van der Waals surface area contributed by atoms with Crippen molar-refractivity contribution in [1.29, 1.82) is 5.26 Å². The van der Waals surface area contributed by atoms with Crippen LogP contribution in [0.25, 0.3) is 0 Å². The van der Waals surface area contributed by atoms with E-state index in [2.05, 4.69) is 11.0 Å². The van der Waals surface area contributed by atoms with E-state index in [1.54, 1.807) is 6.07 Å². The third kappa shape index (κ3) is 2.79. The van der Waals surface area contributed by atoms with Gasteiger partial charge in [0.1, 0.15) is 6.04 Å². The summed E-state index contributed by atoms with van der Waals surface area (Å²) in [6.45, 7) is 0.633. The lowest BCUT2D eigenvalue weighted by Crippen LogP contribution is -2.41. The maximum absolute atomic E-state index is 11.6. The lowest BCUT2D eigenvalue weighted by Gasteiger charge is -2.33. The molecule has 2 fully saturated rings. The molecule has 0 aromatic heterocycles. The second kappa shape index (κ2) is 5.87. The average Bonchev–Trinajstić information content (AvgIpc) is 2.87. The minimum Gasteiger partial charge on any atom is -0.480 e. The Morgan fingerprint density at radius 3 is 2.95 bits per heavy atom. The molecule has 1 heterocycles. The number of carbonyl (C=O) groups is 1. The largest absolute Gasteiger partial charge is 0.480 e. The van der Waals surface area contributed by atoms with E-state index in [0.29, 0.717) is 24.1 Å². The van der Waals surface area contributed by atoms with Crippen LogP contribution in [0.2, 0.25) is 0 Å². The molecule has 3 atom stereocenters. The van der Waals surface area contributed by atoms with Crippen LogP contribution in [0.4, 0.5) is 0 Å². The molecule has 0 spiro atoms. The van der Waals surface area contributed by atoms with Crippen molar-refractivity contribution >= 4 is 5.97 Å². The topological polar surface area (TPSA) is 64.3 Å². The second-order valence-electron chi connectivity index (χ2n) is 6.19. The molecule has 2 aliphatic rings. The fraction of sp³-hybridized carbons (Fsp3) is 0.529. The molecule has 0 amide bonds. The van der Waals surface area contributed by atoms with Crippen LogP contribution in [0.1, 0.15) is 43.2 Å². The maximum atomic E-state index is 11.6. The summed E-state index contributed by atoms with van der Waals surface area (Å²) in [5.74, 6) is -0.181. The van der Waals surface area contributed by atoms with Gasteiger partial charge in [0.25, 0.3) is 0 Å². The molecule has 1 saturated heterocycles. The first kappa shape index (κ1) is 14.1. The van der Waals surface area contributed by atoms with E-state index in [-0.39, 0.29) is 6.04 Å². The van der Waals surface area contributed by atoms with Gasteiger partial charge in [-0.15, -0.1) is 0 Å². The summed E-state index contributed by atoms with van der Waals surface area (Å²) in [4.78, 5) is 13.7. The van der Waals surface area contributed by atoms with E-state index in [9.17, 15) is 9.90 Å². The van der Waals surface area contributed by atoms with Crippen LogP contribution in [0, 0.1) is 17.2 Å². The number of hydrogen-bond donors (Lipinski definition) is 1. The quantitative estimate of drug-likeness (QED) is 0.927. The van der Waals surface area contributed by atoms with Crippen LogP contribution in [-0.2, 0) is 11.3 Å². The molecule has 1 aromatic carbocycles. The zero-order valence-corrected chi connectivity index (χ0v) is 12.0. The number of nitrogens with zero attached hydrogens (tertiary/aromatic N) is 2. The summed E-state index contributed by atoms with van der Waals surface area (Å²) >= 11 is 0. The van der Waals surface area contributed by atoms with Gasteiger partial charge in [-0.05, 0) is 42.9 Å². The molecule has 3 rings (SSSR count). The van der Waals surface area contributed by atoms with Gasteiger partial charge in [-0.25, -0.2) is 0 Å². The first-order chi connectivity index (χ1) is 10.2. The highest BCUT2D eigenvalue weighted by atomic mass is 16.4. The minimum absolute atomic E-state index is 0.371. The fourth-order valence-corrected chi connectivity index (χ4v) is 3.97. The van der Waals surface area contributed by atoms with E-state index in [0.717, 1.165) is 24.8 Å². The molecule has 110 valence electrons. The number of likely N-dealkylation sites (tertiary alicyclic amines) is 1. The van der Waals surface area contributed by atoms with Crippen LogP contribution in [-0.4, -0.2) is 28.1 Å². The Morgan fingerprint density at radius 2 is 2.19 bits per heavy atom. The fourth-order valence-electron chi connectivity index (χ4n) is 3.97.